The number of aliphatic hydroxyl groups is 1. The minimum atomic E-state index is -0.549. The summed E-state index contributed by atoms with van der Waals surface area (Å²) in [5.41, 5.74) is 5.65. The molecule has 1 atom stereocenters. The van der Waals surface area contributed by atoms with Crippen molar-refractivity contribution < 1.29 is 5.11 Å². The summed E-state index contributed by atoms with van der Waals surface area (Å²) in [6.45, 7) is 3.10. The lowest BCUT2D eigenvalue weighted by Gasteiger charge is -2.16. The van der Waals surface area contributed by atoms with Gasteiger partial charge in [0.15, 0.2) is 0 Å². The van der Waals surface area contributed by atoms with Crippen LogP contribution in [-0.2, 0) is 12.8 Å². The summed E-state index contributed by atoms with van der Waals surface area (Å²) in [5, 5.41) is 14.0. The van der Waals surface area contributed by atoms with Crippen molar-refractivity contribution in [3.05, 3.63) is 64.7 Å². The van der Waals surface area contributed by atoms with Crippen molar-refractivity contribution in [2.75, 3.05) is 11.9 Å². The molecule has 3 rings (SSSR count). The zero-order chi connectivity index (χ0) is 13.2. The van der Waals surface area contributed by atoms with Crippen molar-refractivity contribution in [1.82, 2.24) is 0 Å². The van der Waals surface area contributed by atoms with Gasteiger partial charge in [0, 0.05) is 17.8 Å². The van der Waals surface area contributed by atoms with E-state index in [0.717, 1.165) is 36.2 Å². The predicted molar refractivity (Wildman–Crippen MR) is 78.5 cm³/mol. The van der Waals surface area contributed by atoms with Gasteiger partial charge in [-0.1, -0.05) is 49.4 Å². The molecule has 2 N–H and O–H groups in total. The zero-order valence-electron chi connectivity index (χ0n) is 11.2. The Labute approximate surface area is 114 Å². The third-order valence-electron chi connectivity index (χ3n) is 3.85. The van der Waals surface area contributed by atoms with Gasteiger partial charge in [-0.15, -0.1) is 0 Å². The molecule has 19 heavy (non-hydrogen) atoms. The highest BCUT2D eigenvalue weighted by Gasteiger charge is 2.19. The van der Waals surface area contributed by atoms with Crippen molar-refractivity contribution in [3.63, 3.8) is 0 Å². The van der Waals surface area contributed by atoms with Crippen LogP contribution in [0, 0.1) is 0 Å². The maximum Gasteiger partial charge on any atom is 0.106 e. The van der Waals surface area contributed by atoms with Crippen molar-refractivity contribution in [2.45, 2.75) is 25.9 Å². The van der Waals surface area contributed by atoms with Gasteiger partial charge in [0.25, 0.3) is 0 Å². The molecular formula is C17H19NO. The third kappa shape index (κ3) is 2.24. The number of aryl methyl sites for hydroxylation is 1. The molecule has 0 aromatic heterocycles. The van der Waals surface area contributed by atoms with Crippen molar-refractivity contribution in [2.24, 2.45) is 0 Å². The van der Waals surface area contributed by atoms with Gasteiger partial charge >= 0.3 is 0 Å². The van der Waals surface area contributed by atoms with Crippen LogP contribution >= 0.6 is 0 Å². The largest absolute Gasteiger partial charge is 0.384 e. The van der Waals surface area contributed by atoms with Crippen LogP contribution in [0.1, 0.15) is 35.3 Å². The smallest absolute Gasteiger partial charge is 0.106 e. The predicted octanol–water partition coefficient (Wildman–Crippen LogP) is 3.30. The Morgan fingerprint density at radius 1 is 1.21 bits per heavy atom. The number of hydrogen-bond acceptors (Lipinski definition) is 2. The van der Waals surface area contributed by atoms with E-state index in [0.29, 0.717) is 0 Å². The fraction of sp³-hybridized carbons (Fsp3) is 0.294. The monoisotopic (exact) mass is 253 g/mol. The van der Waals surface area contributed by atoms with Crippen LogP contribution in [-0.4, -0.2) is 11.7 Å². The molecular weight excluding hydrogens is 234 g/mol. The number of fused-ring (bicyclic) bond motifs is 1. The molecule has 0 spiro atoms. The average molecular weight is 253 g/mol. The SMILES string of the molecule is CCc1cccc(C(O)c2cccc3c2NCC3)c1. The fourth-order valence-electron chi connectivity index (χ4n) is 2.76. The molecule has 1 aliphatic heterocycles. The summed E-state index contributed by atoms with van der Waals surface area (Å²) in [6.07, 6.45) is 1.49. The van der Waals surface area contributed by atoms with E-state index in [2.05, 4.69) is 30.4 Å². The van der Waals surface area contributed by atoms with Crippen LogP contribution in [0.3, 0.4) is 0 Å². The Kier molecular flexibility index (Phi) is 3.26. The first kappa shape index (κ1) is 12.2. The van der Waals surface area contributed by atoms with E-state index in [1.54, 1.807) is 0 Å². The minimum absolute atomic E-state index is 0.549. The number of nitrogens with one attached hydrogen (secondary N) is 1. The number of para-hydroxylation sites is 1. The molecule has 0 aliphatic carbocycles. The summed E-state index contributed by atoms with van der Waals surface area (Å²) >= 11 is 0. The van der Waals surface area contributed by atoms with E-state index in [4.69, 9.17) is 0 Å². The number of aliphatic hydroxyl groups excluding tert-OH is 1. The van der Waals surface area contributed by atoms with E-state index >= 15 is 0 Å². The Morgan fingerprint density at radius 2 is 2.05 bits per heavy atom. The molecule has 0 radical (unpaired) electrons. The lowest BCUT2D eigenvalue weighted by Crippen LogP contribution is -2.04. The van der Waals surface area contributed by atoms with Gasteiger partial charge < -0.3 is 10.4 Å². The third-order valence-corrected chi connectivity index (χ3v) is 3.85. The standard InChI is InChI=1S/C17H19NO/c1-2-12-5-3-7-14(11-12)17(19)15-8-4-6-13-9-10-18-16(13)15/h3-8,11,17-19H,2,9-10H2,1H3. The molecule has 2 nitrogen and oxygen atoms in total. The fourth-order valence-corrected chi connectivity index (χ4v) is 2.76. The van der Waals surface area contributed by atoms with Crippen molar-refractivity contribution in [3.8, 4) is 0 Å². The summed E-state index contributed by atoms with van der Waals surface area (Å²) in [5.74, 6) is 0. The van der Waals surface area contributed by atoms with Gasteiger partial charge in [-0.3, -0.25) is 0 Å². The molecule has 98 valence electrons. The van der Waals surface area contributed by atoms with Crippen LogP contribution in [0.4, 0.5) is 5.69 Å². The van der Waals surface area contributed by atoms with Crippen LogP contribution in [0.25, 0.3) is 0 Å². The highest BCUT2D eigenvalue weighted by Crippen LogP contribution is 2.34. The number of anilines is 1. The van der Waals surface area contributed by atoms with Crippen LogP contribution in [0.15, 0.2) is 42.5 Å². The topological polar surface area (TPSA) is 32.3 Å². The number of hydrogen-bond donors (Lipinski definition) is 2. The first-order valence-electron chi connectivity index (χ1n) is 6.92. The molecule has 1 heterocycles. The zero-order valence-corrected chi connectivity index (χ0v) is 11.2. The minimum Gasteiger partial charge on any atom is -0.384 e. The normalized spacial score (nSPS) is 14.8. The maximum absolute atomic E-state index is 10.6. The van der Waals surface area contributed by atoms with Crippen molar-refractivity contribution >= 4 is 5.69 Å². The molecule has 0 saturated carbocycles. The van der Waals surface area contributed by atoms with Crippen LogP contribution in [0.2, 0.25) is 0 Å². The Morgan fingerprint density at radius 3 is 2.89 bits per heavy atom. The lowest BCUT2D eigenvalue weighted by atomic mass is 9.96. The Balaban J connectivity index is 2.00. The van der Waals surface area contributed by atoms with E-state index in [9.17, 15) is 5.11 Å². The summed E-state index contributed by atoms with van der Waals surface area (Å²) in [7, 11) is 0. The van der Waals surface area contributed by atoms with Crippen LogP contribution < -0.4 is 5.32 Å². The Bertz CT molecular complexity index is 592. The van der Waals surface area contributed by atoms with Gasteiger partial charge in [-0.05, 0) is 29.5 Å². The van der Waals surface area contributed by atoms with Crippen molar-refractivity contribution in [1.29, 1.82) is 0 Å². The van der Waals surface area contributed by atoms with Gasteiger partial charge in [0.2, 0.25) is 0 Å². The summed E-state index contributed by atoms with van der Waals surface area (Å²) in [6, 6.07) is 14.4. The molecule has 0 bridgehead atoms. The first-order valence-corrected chi connectivity index (χ1v) is 6.92. The van der Waals surface area contributed by atoms with Gasteiger partial charge in [-0.2, -0.15) is 0 Å². The quantitative estimate of drug-likeness (QED) is 0.879. The molecule has 0 amide bonds. The molecule has 0 saturated heterocycles. The maximum atomic E-state index is 10.6. The highest BCUT2D eigenvalue weighted by molar-refractivity contribution is 5.63. The van der Waals surface area contributed by atoms with E-state index in [-0.39, 0.29) is 0 Å². The molecule has 0 fully saturated rings. The second-order valence-corrected chi connectivity index (χ2v) is 5.06. The molecule has 2 aromatic carbocycles. The molecule has 2 aromatic rings. The van der Waals surface area contributed by atoms with Crippen LogP contribution in [0.5, 0.6) is 0 Å². The molecule has 1 aliphatic rings. The second-order valence-electron chi connectivity index (χ2n) is 5.06. The number of rotatable bonds is 3. The van der Waals surface area contributed by atoms with E-state index in [1.807, 2.05) is 24.3 Å². The van der Waals surface area contributed by atoms with Gasteiger partial charge in [0.05, 0.1) is 0 Å². The molecule has 2 heteroatoms. The molecule has 1 unspecified atom stereocenters. The van der Waals surface area contributed by atoms with Gasteiger partial charge in [-0.25, -0.2) is 0 Å². The van der Waals surface area contributed by atoms with E-state index in [1.165, 1.54) is 11.1 Å². The average Bonchev–Trinajstić information content (AvgIpc) is 2.95. The van der Waals surface area contributed by atoms with Gasteiger partial charge in [0.1, 0.15) is 6.10 Å². The second kappa shape index (κ2) is 5.06. The first-order chi connectivity index (χ1) is 9.29. The summed E-state index contributed by atoms with van der Waals surface area (Å²) in [4.78, 5) is 0. The Hall–Kier alpha value is -1.80. The lowest BCUT2D eigenvalue weighted by molar-refractivity contribution is 0.221. The summed E-state index contributed by atoms with van der Waals surface area (Å²) < 4.78 is 0. The number of benzene rings is 2. The highest BCUT2D eigenvalue weighted by atomic mass is 16.3. The van der Waals surface area contributed by atoms with E-state index < -0.39 is 6.10 Å².